The number of likely N-dealkylation sites (N-methyl/N-ethyl adjacent to an activating group) is 1. The molecule has 3 nitrogen and oxygen atoms in total. The van der Waals surface area contributed by atoms with Crippen molar-refractivity contribution < 1.29 is 4.74 Å². The Balaban J connectivity index is 2.00. The minimum Gasteiger partial charge on any atom is -0.380 e. The van der Waals surface area contributed by atoms with Crippen molar-refractivity contribution in [1.29, 1.82) is 0 Å². The molecule has 2 atom stereocenters. The minimum atomic E-state index is 0.0798. The first-order chi connectivity index (χ1) is 8.58. The summed E-state index contributed by atoms with van der Waals surface area (Å²) in [5.74, 6) is 0. The van der Waals surface area contributed by atoms with Gasteiger partial charge in [-0.25, -0.2) is 0 Å². The summed E-state index contributed by atoms with van der Waals surface area (Å²) in [6.07, 6.45) is 1.12. The second kappa shape index (κ2) is 5.83. The average Bonchev–Trinajstić information content (AvgIpc) is 2.81. The monoisotopic (exact) mass is 248 g/mol. The molecule has 2 N–H and O–H groups in total. The lowest BCUT2D eigenvalue weighted by Gasteiger charge is -2.27. The number of benzene rings is 1. The van der Waals surface area contributed by atoms with Crippen LogP contribution < -0.4 is 5.73 Å². The summed E-state index contributed by atoms with van der Waals surface area (Å²) in [4.78, 5) is 2.33. The molecule has 1 aromatic rings. The van der Waals surface area contributed by atoms with Crippen molar-refractivity contribution in [2.45, 2.75) is 32.4 Å². The third kappa shape index (κ3) is 3.10. The molecule has 0 saturated carbocycles. The van der Waals surface area contributed by atoms with Crippen molar-refractivity contribution in [3.63, 3.8) is 0 Å². The fourth-order valence-corrected chi connectivity index (χ4v) is 2.67. The molecule has 2 unspecified atom stereocenters. The lowest BCUT2D eigenvalue weighted by molar-refractivity contribution is 0.156. The molecule has 1 saturated heterocycles. The van der Waals surface area contributed by atoms with Crippen molar-refractivity contribution in [3.8, 4) is 0 Å². The Hall–Kier alpha value is -0.900. The van der Waals surface area contributed by atoms with Crippen LogP contribution in [-0.4, -0.2) is 37.7 Å². The molecular formula is C15H24N2O. The molecule has 100 valence electrons. The number of ether oxygens (including phenoxy) is 1. The van der Waals surface area contributed by atoms with Crippen LogP contribution in [0.25, 0.3) is 0 Å². The molecule has 1 fully saturated rings. The van der Waals surface area contributed by atoms with Crippen LogP contribution in [0.2, 0.25) is 0 Å². The van der Waals surface area contributed by atoms with Crippen LogP contribution in [0, 0.1) is 13.8 Å². The first-order valence-corrected chi connectivity index (χ1v) is 6.68. The maximum Gasteiger partial charge on any atom is 0.0622 e. The Morgan fingerprint density at radius 2 is 2.22 bits per heavy atom. The fourth-order valence-electron chi connectivity index (χ4n) is 2.67. The second-order valence-electron chi connectivity index (χ2n) is 5.42. The van der Waals surface area contributed by atoms with Gasteiger partial charge in [0.2, 0.25) is 0 Å². The van der Waals surface area contributed by atoms with Crippen LogP contribution in [0.3, 0.4) is 0 Å². The van der Waals surface area contributed by atoms with Crippen molar-refractivity contribution in [1.82, 2.24) is 4.90 Å². The van der Waals surface area contributed by atoms with Crippen LogP contribution >= 0.6 is 0 Å². The number of hydrogen-bond acceptors (Lipinski definition) is 3. The van der Waals surface area contributed by atoms with E-state index in [0.717, 1.165) is 26.2 Å². The van der Waals surface area contributed by atoms with Gasteiger partial charge in [-0.2, -0.15) is 0 Å². The Bertz CT molecular complexity index is 399. The second-order valence-corrected chi connectivity index (χ2v) is 5.42. The Kier molecular flexibility index (Phi) is 4.38. The quantitative estimate of drug-likeness (QED) is 0.886. The summed E-state index contributed by atoms with van der Waals surface area (Å²) in [5.41, 5.74) is 10.2. The van der Waals surface area contributed by atoms with Gasteiger partial charge < -0.3 is 10.5 Å². The van der Waals surface area contributed by atoms with Crippen LogP contribution in [0.1, 0.15) is 29.2 Å². The molecule has 0 bridgehead atoms. The van der Waals surface area contributed by atoms with E-state index in [2.05, 4.69) is 44.0 Å². The number of nitrogens with two attached hydrogens (primary N) is 1. The summed E-state index contributed by atoms with van der Waals surface area (Å²) < 4.78 is 5.42. The van der Waals surface area contributed by atoms with Gasteiger partial charge in [0.15, 0.2) is 0 Å². The number of aryl methyl sites for hydroxylation is 2. The lowest BCUT2D eigenvalue weighted by Crippen LogP contribution is -2.37. The van der Waals surface area contributed by atoms with Gasteiger partial charge in [0.25, 0.3) is 0 Å². The van der Waals surface area contributed by atoms with Crippen molar-refractivity contribution in [2.75, 3.05) is 26.8 Å². The number of hydrogen-bond donors (Lipinski definition) is 1. The highest BCUT2D eigenvalue weighted by Crippen LogP contribution is 2.20. The third-order valence-corrected chi connectivity index (χ3v) is 3.84. The van der Waals surface area contributed by atoms with Gasteiger partial charge in [-0.05, 0) is 38.4 Å². The molecule has 18 heavy (non-hydrogen) atoms. The molecule has 1 heterocycles. The van der Waals surface area contributed by atoms with Crippen molar-refractivity contribution in [2.24, 2.45) is 5.73 Å². The van der Waals surface area contributed by atoms with E-state index in [1.165, 1.54) is 16.7 Å². The predicted octanol–water partition coefficient (Wildman–Crippen LogP) is 2.02. The molecule has 0 spiro atoms. The first-order valence-electron chi connectivity index (χ1n) is 6.68. The number of rotatable bonds is 4. The van der Waals surface area contributed by atoms with E-state index in [0.29, 0.717) is 6.04 Å². The largest absolute Gasteiger partial charge is 0.380 e. The summed E-state index contributed by atoms with van der Waals surface area (Å²) in [6, 6.07) is 7.11. The van der Waals surface area contributed by atoms with Gasteiger partial charge in [-0.3, -0.25) is 4.90 Å². The fraction of sp³-hybridized carbons (Fsp3) is 0.600. The molecule has 3 heteroatoms. The summed E-state index contributed by atoms with van der Waals surface area (Å²) in [6.45, 7) is 6.87. The van der Waals surface area contributed by atoms with Crippen LogP contribution in [0.5, 0.6) is 0 Å². The summed E-state index contributed by atoms with van der Waals surface area (Å²) in [7, 11) is 2.14. The van der Waals surface area contributed by atoms with E-state index in [4.69, 9.17) is 10.5 Å². The molecule has 0 aliphatic carbocycles. The topological polar surface area (TPSA) is 38.5 Å². The summed E-state index contributed by atoms with van der Waals surface area (Å²) >= 11 is 0. The normalized spacial score (nSPS) is 21.5. The standard InChI is InChI=1S/C15H24N2O/c1-11-4-5-14(12(2)8-11)15(16)9-17(3)13-6-7-18-10-13/h4-5,8,13,15H,6-7,9-10,16H2,1-3H3. The third-order valence-electron chi connectivity index (χ3n) is 3.84. The highest BCUT2D eigenvalue weighted by molar-refractivity contribution is 5.32. The SMILES string of the molecule is Cc1ccc(C(N)CN(C)C2CCOC2)c(C)c1. The van der Waals surface area contributed by atoms with E-state index in [9.17, 15) is 0 Å². The van der Waals surface area contributed by atoms with E-state index in [-0.39, 0.29) is 6.04 Å². The zero-order chi connectivity index (χ0) is 13.1. The molecule has 1 aliphatic rings. The van der Waals surface area contributed by atoms with Crippen molar-refractivity contribution >= 4 is 0 Å². The van der Waals surface area contributed by atoms with Crippen molar-refractivity contribution in [3.05, 3.63) is 34.9 Å². The molecule has 2 rings (SSSR count). The molecule has 0 aromatic heterocycles. The van der Waals surface area contributed by atoms with E-state index in [1.807, 2.05) is 0 Å². The zero-order valence-corrected chi connectivity index (χ0v) is 11.6. The molecule has 1 aromatic carbocycles. The Labute approximate surface area is 110 Å². The molecule has 0 radical (unpaired) electrons. The minimum absolute atomic E-state index is 0.0798. The van der Waals surface area contributed by atoms with Crippen LogP contribution in [0.4, 0.5) is 0 Å². The van der Waals surface area contributed by atoms with Gasteiger partial charge in [0.1, 0.15) is 0 Å². The van der Waals surface area contributed by atoms with E-state index in [1.54, 1.807) is 0 Å². The summed E-state index contributed by atoms with van der Waals surface area (Å²) in [5, 5.41) is 0. The van der Waals surface area contributed by atoms with Gasteiger partial charge >= 0.3 is 0 Å². The average molecular weight is 248 g/mol. The van der Waals surface area contributed by atoms with Gasteiger partial charge in [-0.1, -0.05) is 23.8 Å². The van der Waals surface area contributed by atoms with E-state index < -0.39 is 0 Å². The maximum atomic E-state index is 6.33. The van der Waals surface area contributed by atoms with Crippen LogP contribution in [0.15, 0.2) is 18.2 Å². The Morgan fingerprint density at radius 1 is 1.44 bits per heavy atom. The van der Waals surface area contributed by atoms with Gasteiger partial charge in [-0.15, -0.1) is 0 Å². The Morgan fingerprint density at radius 3 is 2.83 bits per heavy atom. The highest BCUT2D eigenvalue weighted by atomic mass is 16.5. The molecule has 0 amide bonds. The van der Waals surface area contributed by atoms with Crippen LogP contribution in [-0.2, 0) is 4.74 Å². The molecular weight excluding hydrogens is 224 g/mol. The van der Waals surface area contributed by atoms with E-state index >= 15 is 0 Å². The number of nitrogens with zero attached hydrogens (tertiary/aromatic N) is 1. The van der Waals surface area contributed by atoms with Gasteiger partial charge in [0.05, 0.1) is 6.61 Å². The molecule has 1 aliphatic heterocycles. The zero-order valence-electron chi connectivity index (χ0n) is 11.6. The maximum absolute atomic E-state index is 6.33. The lowest BCUT2D eigenvalue weighted by atomic mass is 9.99. The first kappa shape index (κ1) is 13.5. The predicted molar refractivity (Wildman–Crippen MR) is 74.7 cm³/mol. The smallest absolute Gasteiger partial charge is 0.0622 e. The highest BCUT2D eigenvalue weighted by Gasteiger charge is 2.22. The van der Waals surface area contributed by atoms with Gasteiger partial charge in [0, 0.05) is 25.2 Å².